The van der Waals surface area contributed by atoms with Crippen LogP contribution in [0.2, 0.25) is 0 Å². The molecule has 2 aliphatic rings. The zero-order valence-corrected chi connectivity index (χ0v) is 13.1. The summed E-state index contributed by atoms with van der Waals surface area (Å²) in [5, 5.41) is 0. The molecule has 0 bridgehead atoms. The molecule has 0 amide bonds. The van der Waals surface area contributed by atoms with Crippen LogP contribution in [-0.4, -0.2) is 0 Å². The van der Waals surface area contributed by atoms with E-state index in [9.17, 15) is 0 Å². The van der Waals surface area contributed by atoms with Crippen molar-refractivity contribution in [1.82, 2.24) is 0 Å². The summed E-state index contributed by atoms with van der Waals surface area (Å²) < 4.78 is 3.45. The van der Waals surface area contributed by atoms with Crippen molar-refractivity contribution in [3.63, 3.8) is 0 Å². The molecule has 0 radical (unpaired) electrons. The molecule has 0 saturated heterocycles. The maximum absolute atomic E-state index is 2.31. The Kier molecular flexibility index (Phi) is 7.58. The van der Waals surface area contributed by atoms with Crippen molar-refractivity contribution in [1.29, 1.82) is 0 Å². The van der Waals surface area contributed by atoms with Gasteiger partial charge in [0.1, 0.15) is 0 Å². The van der Waals surface area contributed by atoms with Crippen LogP contribution in [0.3, 0.4) is 0 Å². The van der Waals surface area contributed by atoms with Gasteiger partial charge in [0.25, 0.3) is 0 Å². The molecule has 70 valence electrons. The van der Waals surface area contributed by atoms with Gasteiger partial charge in [-0.1, -0.05) is 0 Å². The van der Waals surface area contributed by atoms with Crippen molar-refractivity contribution < 1.29 is 23.2 Å². The molecule has 0 N–H and O–H groups in total. The van der Waals surface area contributed by atoms with E-state index in [0.29, 0.717) is 0 Å². The topological polar surface area (TPSA) is 0 Å². The van der Waals surface area contributed by atoms with Gasteiger partial charge in [-0.3, -0.25) is 0 Å². The fourth-order valence-corrected chi connectivity index (χ4v) is 4.26. The maximum atomic E-state index is 2.31. The van der Waals surface area contributed by atoms with Crippen molar-refractivity contribution in [2.45, 2.75) is 12.8 Å². The molecule has 0 fully saturated rings. The van der Waals surface area contributed by atoms with Gasteiger partial charge in [0.05, 0.1) is 0 Å². The molecule has 13 heavy (non-hydrogen) atoms. The zero-order valence-electron chi connectivity index (χ0n) is 7.19. The van der Waals surface area contributed by atoms with Crippen LogP contribution in [0.1, 0.15) is 12.8 Å². The molecular formula is C10H12Br2Zr. The van der Waals surface area contributed by atoms with E-state index in [1.165, 1.54) is 12.8 Å². The van der Waals surface area contributed by atoms with Gasteiger partial charge in [-0.15, -0.1) is 34.0 Å². The molecule has 0 aromatic heterocycles. The molecule has 3 heteroatoms. The Morgan fingerprint density at radius 2 is 1.31 bits per heavy atom. The van der Waals surface area contributed by atoms with Crippen LogP contribution in [0.25, 0.3) is 0 Å². The van der Waals surface area contributed by atoms with Gasteiger partial charge in [-0.25, -0.2) is 0 Å². The Labute approximate surface area is 112 Å². The number of hydrogen-bond donors (Lipinski definition) is 0. The van der Waals surface area contributed by atoms with Gasteiger partial charge in [-0.2, -0.15) is 0 Å². The summed E-state index contributed by atoms with van der Waals surface area (Å²) in [6.45, 7) is 0. The minimum absolute atomic E-state index is 0. The number of hydrogen-bond acceptors (Lipinski definition) is 0. The Bertz CT molecular complexity index is 247. The van der Waals surface area contributed by atoms with Gasteiger partial charge in [0, 0.05) is 0 Å². The predicted molar refractivity (Wildman–Crippen MR) is 64.3 cm³/mol. The standard InChI is InChI=1S/2C5H5.2BrH.Zr/c2*1-2-4-5-3-1;;;/h2*1-3H,4H2;2*1H;. The summed E-state index contributed by atoms with van der Waals surface area (Å²) in [7, 11) is 0. The van der Waals surface area contributed by atoms with Crippen LogP contribution in [0.4, 0.5) is 0 Å². The molecule has 0 aromatic rings. The van der Waals surface area contributed by atoms with Gasteiger partial charge in [-0.05, 0) is 0 Å². The second-order valence-corrected chi connectivity index (χ2v) is 6.55. The Balaban J connectivity index is 0.000000720. The van der Waals surface area contributed by atoms with E-state index in [4.69, 9.17) is 0 Å². The minimum atomic E-state index is -0.312. The molecule has 2 aliphatic carbocycles. The van der Waals surface area contributed by atoms with Crippen molar-refractivity contribution >= 4 is 34.0 Å². The monoisotopic (exact) mass is 380 g/mol. The van der Waals surface area contributed by atoms with Crippen molar-refractivity contribution in [2.24, 2.45) is 0 Å². The summed E-state index contributed by atoms with van der Waals surface area (Å²) >= 11 is -0.312. The number of rotatable bonds is 2. The van der Waals surface area contributed by atoms with E-state index in [2.05, 4.69) is 36.5 Å². The van der Waals surface area contributed by atoms with Gasteiger partial charge < -0.3 is 0 Å². The molecule has 0 aromatic carbocycles. The van der Waals surface area contributed by atoms with Crippen LogP contribution in [0.15, 0.2) is 43.0 Å². The van der Waals surface area contributed by atoms with Gasteiger partial charge in [0.15, 0.2) is 0 Å². The molecule has 0 spiro atoms. The molecule has 0 heterocycles. The van der Waals surface area contributed by atoms with Gasteiger partial charge in [0.2, 0.25) is 0 Å². The first kappa shape index (κ1) is 13.8. The summed E-state index contributed by atoms with van der Waals surface area (Å²) in [6, 6.07) is 0. The molecule has 0 unspecified atom stereocenters. The van der Waals surface area contributed by atoms with Crippen LogP contribution in [0.5, 0.6) is 0 Å². The first-order chi connectivity index (χ1) is 5.45. The third-order valence-corrected chi connectivity index (χ3v) is 5.27. The molecular weight excluding hydrogens is 371 g/mol. The quantitative estimate of drug-likeness (QED) is 0.679. The van der Waals surface area contributed by atoms with Crippen LogP contribution in [-0.2, 0) is 23.2 Å². The Morgan fingerprint density at radius 3 is 1.62 bits per heavy atom. The van der Waals surface area contributed by atoms with Gasteiger partial charge >= 0.3 is 79.1 Å². The average Bonchev–Trinajstić information content (AvgIpc) is 2.60. The van der Waals surface area contributed by atoms with E-state index in [1.807, 2.05) is 0 Å². The van der Waals surface area contributed by atoms with E-state index in [0.717, 1.165) is 0 Å². The number of allylic oxidation sites excluding steroid dienone is 8. The summed E-state index contributed by atoms with van der Waals surface area (Å²) in [6.07, 6.45) is 16.0. The first-order valence-electron chi connectivity index (χ1n) is 3.93. The fraction of sp³-hybridized carbons (Fsp3) is 0.200. The third-order valence-electron chi connectivity index (χ3n) is 1.86. The van der Waals surface area contributed by atoms with E-state index < -0.39 is 0 Å². The van der Waals surface area contributed by atoms with E-state index in [-0.39, 0.29) is 57.2 Å². The normalized spacial score (nSPS) is 17.2. The predicted octanol–water partition coefficient (Wildman–Crippen LogP) is 3.91. The zero-order chi connectivity index (χ0) is 7.52. The molecule has 2 rings (SSSR count). The van der Waals surface area contributed by atoms with Crippen LogP contribution < -0.4 is 0 Å². The Morgan fingerprint density at radius 1 is 0.846 bits per heavy atom. The summed E-state index contributed by atoms with van der Waals surface area (Å²) in [5.41, 5.74) is 0. The van der Waals surface area contributed by atoms with Crippen molar-refractivity contribution in [3.8, 4) is 0 Å². The molecule has 0 nitrogen and oxygen atoms in total. The van der Waals surface area contributed by atoms with E-state index in [1.54, 1.807) is 6.56 Å². The molecule has 0 aliphatic heterocycles. The molecule has 0 atom stereocenters. The summed E-state index contributed by atoms with van der Waals surface area (Å²) in [4.78, 5) is 0. The van der Waals surface area contributed by atoms with Crippen molar-refractivity contribution in [3.05, 3.63) is 43.0 Å². The van der Waals surface area contributed by atoms with Crippen LogP contribution >= 0.6 is 34.0 Å². The van der Waals surface area contributed by atoms with Crippen LogP contribution in [0, 0.1) is 0 Å². The third kappa shape index (κ3) is 4.23. The average molecular weight is 383 g/mol. The first-order valence-corrected chi connectivity index (χ1v) is 6.39. The van der Waals surface area contributed by atoms with E-state index >= 15 is 0 Å². The second-order valence-electron chi connectivity index (χ2n) is 2.77. The molecule has 0 saturated carbocycles. The fourth-order valence-electron chi connectivity index (χ4n) is 1.29. The second kappa shape index (κ2) is 7.14. The van der Waals surface area contributed by atoms with Crippen molar-refractivity contribution in [2.75, 3.05) is 0 Å². The SMILES string of the molecule is Br.Br.C1=CC[C]([Zr][C]2=CC=CC2)=C1. The summed E-state index contributed by atoms with van der Waals surface area (Å²) in [5.74, 6) is 0. The Hall–Kier alpha value is 0.803. The number of halogens is 2.